The van der Waals surface area contributed by atoms with Crippen molar-refractivity contribution in [1.82, 2.24) is 4.90 Å². The SMILES string of the molecule is CCC(C)(C)c1cc(-c2cccc(CC3SC(N4CCOCC4)=NC3=O)c2)cc(N)c1O. The van der Waals surface area contributed by atoms with Crippen molar-refractivity contribution in [3.05, 3.63) is 47.5 Å². The van der Waals surface area contributed by atoms with E-state index in [-0.39, 0.29) is 22.3 Å². The van der Waals surface area contributed by atoms with Crippen LogP contribution in [0.15, 0.2) is 41.4 Å². The van der Waals surface area contributed by atoms with Gasteiger partial charge in [-0.2, -0.15) is 4.99 Å². The molecule has 3 N–H and O–H groups in total. The first-order valence-corrected chi connectivity index (χ1v) is 12.0. The first kappa shape index (κ1) is 22.7. The summed E-state index contributed by atoms with van der Waals surface area (Å²) in [6.07, 6.45) is 1.51. The van der Waals surface area contributed by atoms with Gasteiger partial charge < -0.3 is 20.5 Å². The maximum atomic E-state index is 12.5. The van der Waals surface area contributed by atoms with E-state index in [2.05, 4.69) is 36.7 Å². The standard InChI is InChI=1S/C25H31N3O3S/c1-4-25(2,3)19-14-18(15-20(26)22(19)29)17-7-5-6-16(12-17)13-21-23(30)27-24(32-21)28-8-10-31-11-9-28/h5-7,12,14-15,21,29H,4,8-11,13,26H2,1-3H3. The zero-order chi connectivity index (χ0) is 22.9. The van der Waals surface area contributed by atoms with Gasteiger partial charge in [0.15, 0.2) is 5.17 Å². The fourth-order valence-corrected chi connectivity index (χ4v) is 5.18. The number of amidine groups is 1. The van der Waals surface area contributed by atoms with Crippen LogP contribution >= 0.6 is 11.8 Å². The lowest BCUT2D eigenvalue weighted by Gasteiger charge is -2.27. The van der Waals surface area contributed by atoms with Gasteiger partial charge in [-0.3, -0.25) is 4.79 Å². The molecule has 0 aromatic heterocycles. The number of nitrogen functional groups attached to an aromatic ring is 1. The third-order valence-electron chi connectivity index (χ3n) is 6.44. The summed E-state index contributed by atoms with van der Waals surface area (Å²) in [6, 6.07) is 12.0. The largest absolute Gasteiger partial charge is 0.505 e. The minimum absolute atomic E-state index is 0.0669. The van der Waals surface area contributed by atoms with Gasteiger partial charge in [0.25, 0.3) is 5.91 Å². The number of ether oxygens (including phenoxy) is 1. The van der Waals surface area contributed by atoms with E-state index < -0.39 is 0 Å². The number of phenols is 1. The lowest BCUT2D eigenvalue weighted by molar-refractivity contribution is -0.117. The molecule has 1 unspecified atom stereocenters. The number of nitrogens with two attached hydrogens (primary N) is 1. The molecule has 0 bridgehead atoms. The van der Waals surface area contributed by atoms with Crippen molar-refractivity contribution < 1.29 is 14.6 Å². The maximum absolute atomic E-state index is 12.5. The number of aliphatic imine (C=N–C) groups is 1. The molecule has 1 atom stereocenters. The van der Waals surface area contributed by atoms with Crippen molar-refractivity contribution in [3.8, 4) is 16.9 Å². The summed E-state index contributed by atoms with van der Waals surface area (Å²) in [6.45, 7) is 9.22. The van der Waals surface area contributed by atoms with E-state index in [0.29, 0.717) is 25.3 Å². The maximum Gasteiger partial charge on any atom is 0.262 e. The Balaban J connectivity index is 1.54. The van der Waals surface area contributed by atoms with Gasteiger partial charge in [-0.05, 0) is 47.1 Å². The van der Waals surface area contributed by atoms with Crippen LogP contribution in [0.1, 0.15) is 38.3 Å². The molecule has 4 rings (SSSR count). The molecule has 1 saturated heterocycles. The molecule has 0 radical (unpaired) electrons. The second-order valence-corrected chi connectivity index (χ2v) is 10.2. The molecule has 1 amide bonds. The van der Waals surface area contributed by atoms with Crippen LogP contribution in [0.3, 0.4) is 0 Å². The van der Waals surface area contributed by atoms with E-state index >= 15 is 0 Å². The normalized spacial score (nSPS) is 19.3. The predicted octanol–water partition coefficient (Wildman–Crippen LogP) is 4.20. The van der Waals surface area contributed by atoms with Crippen LogP contribution in [0.5, 0.6) is 5.75 Å². The highest BCUT2D eigenvalue weighted by atomic mass is 32.2. The molecule has 0 spiro atoms. The van der Waals surface area contributed by atoms with Gasteiger partial charge in [-0.15, -0.1) is 0 Å². The van der Waals surface area contributed by atoms with Crippen molar-refractivity contribution >= 4 is 28.5 Å². The Bertz CT molecular complexity index is 1040. The van der Waals surface area contributed by atoms with Gasteiger partial charge in [-0.25, -0.2) is 0 Å². The summed E-state index contributed by atoms with van der Waals surface area (Å²) >= 11 is 1.55. The molecule has 2 aromatic rings. The Labute approximate surface area is 193 Å². The number of hydrogen-bond acceptors (Lipinski definition) is 6. The number of nitrogens with zero attached hydrogens (tertiary/aromatic N) is 2. The van der Waals surface area contributed by atoms with Crippen molar-refractivity contribution in [2.75, 3.05) is 32.0 Å². The molecular weight excluding hydrogens is 422 g/mol. The fourth-order valence-electron chi connectivity index (χ4n) is 4.02. The summed E-state index contributed by atoms with van der Waals surface area (Å²) in [7, 11) is 0. The van der Waals surface area contributed by atoms with Gasteiger partial charge in [-0.1, -0.05) is 56.8 Å². The van der Waals surface area contributed by atoms with Crippen LogP contribution in [0.2, 0.25) is 0 Å². The number of anilines is 1. The van der Waals surface area contributed by atoms with Crippen LogP contribution in [0.25, 0.3) is 11.1 Å². The summed E-state index contributed by atoms with van der Waals surface area (Å²) in [5.41, 5.74) is 10.3. The van der Waals surface area contributed by atoms with E-state index in [9.17, 15) is 9.90 Å². The van der Waals surface area contributed by atoms with Crippen LogP contribution in [0, 0.1) is 0 Å². The fraction of sp³-hybridized carbons (Fsp3) is 0.440. The summed E-state index contributed by atoms with van der Waals surface area (Å²) in [5, 5.41) is 11.2. The molecule has 7 heteroatoms. The second-order valence-electron chi connectivity index (χ2n) is 9.04. The highest BCUT2D eigenvalue weighted by Crippen LogP contribution is 2.40. The Morgan fingerprint density at radius 3 is 2.69 bits per heavy atom. The zero-order valence-electron chi connectivity index (χ0n) is 18.9. The van der Waals surface area contributed by atoms with Crippen molar-refractivity contribution in [1.29, 1.82) is 0 Å². The second kappa shape index (κ2) is 9.16. The average molecular weight is 454 g/mol. The van der Waals surface area contributed by atoms with E-state index in [1.54, 1.807) is 11.8 Å². The smallest absolute Gasteiger partial charge is 0.262 e. The first-order chi connectivity index (χ1) is 15.3. The van der Waals surface area contributed by atoms with Crippen LogP contribution in [0.4, 0.5) is 5.69 Å². The lowest BCUT2D eigenvalue weighted by atomic mass is 9.80. The monoisotopic (exact) mass is 453 g/mol. The Kier molecular flexibility index (Phi) is 6.49. The van der Waals surface area contributed by atoms with E-state index in [4.69, 9.17) is 10.5 Å². The first-order valence-electron chi connectivity index (χ1n) is 11.1. The minimum atomic E-state index is -0.206. The number of carbonyl (C=O) groups is 1. The van der Waals surface area contributed by atoms with E-state index in [1.807, 2.05) is 30.3 Å². The highest BCUT2D eigenvalue weighted by Gasteiger charge is 2.32. The van der Waals surface area contributed by atoms with Gasteiger partial charge >= 0.3 is 0 Å². The summed E-state index contributed by atoms with van der Waals surface area (Å²) in [4.78, 5) is 19.0. The van der Waals surface area contributed by atoms with Crippen LogP contribution in [-0.2, 0) is 21.4 Å². The summed E-state index contributed by atoms with van der Waals surface area (Å²) in [5.74, 6) is 0.0975. The quantitative estimate of drug-likeness (QED) is 0.521. The number of rotatable bonds is 5. The van der Waals surface area contributed by atoms with Crippen molar-refractivity contribution in [3.63, 3.8) is 0 Å². The Morgan fingerprint density at radius 2 is 1.97 bits per heavy atom. The van der Waals surface area contributed by atoms with Crippen molar-refractivity contribution in [2.24, 2.45) is 4.99 Å². The van der Waals surface area contributed by atoms with Gasteiger partial charge in [0, 0.05) is 18.7 Å². The third-order valence-corrected chi connectivity index (χ3v) is 7.66. The van der Waals surface area contributed by atoms with Crippen LogP contribution < -0.4 is 5.73 Å². The number of hydrogen-bond donors (Lipinski definition) is 2. The molecule has 2 heterocycles. The summed E-state index contributed by atoms with van der Waals surface area (Å²) < 4.78 is 5.40. The molecule has 2 aliphatic rings. The molecule has 1 fully saturated rings. The van der Waals surface area contributed by atoms with Gasteiger partial charge in [0.1, 0.15) is 5.75 Å². The van der Waals surface area contributed by atoms with E-state index in [0.717, 1.165) is 46.9 Å². The molecule has 0 aliphatic carbocycles. The molecule has 0 saturated carbocycles. The minimum Gasteiger partial charge on any atom is -0.505 e. The Morgan fingerprint density at radius 1 is 1.22 bits per heavy atom. The number of phenolic OH excluding ortho intramolecular Hbond substituents is 1. The third kappa shape index (κ3) is 4.64. The average Bonchev–Trinajstić information content (AvgIpc) is 3.16. The number of benzene rings is 2. The molecule has 2 aromatic carbocycles. The number of thioether (sulfide) groups is 1. The number of carbonyl (C=O) groups excluding carboxylic acids is 1. The van der Waals surface area contributed by atoms with Crippen molar-refractivity contribution in [2.45, 2.75) is 44.3 Å². The number of amides is 1. The lowest BCUT2D eigenvalue weighted by Crippen LogP contribution is -2.39. The molecule has 2 aliphatic heterocycles. The highest BCUT2D eigenvalue weighted by molar-refractivity contribution is 8.15. The topological polar surface area (TPSA) is 88.2 Å². The van der Waals surface area contributed by atoms with Gasteiger partial charge in [0.05, 0.1) is 24.2 Å². The molecular formula is C25H31N3O3S. The molecule has 6 nitrogen and oxygen atoms in total. The number of aromatic hydroxyl groups is 1. The number of morpholine rings is 1. The van der Waals surface area contributed by atoms with E-state index in [1.165, 1.54) is 0 Å². The molecule has 32 heavy (non-hydrogen) atoms. The zero-order valence-corrected chi connectivity index (χ0v) is 19.7. The van der Waals surface area contributed by atoms with Crippen LogP contribution in [-0.4, -0.2) is 52.6 Å². The Hall–Kier alpha value is -2.51. The van der Waals surface area contributed by atoms with Gasteiger partial charge in [0.2, 0.25) is 0 Å². The molecule has 170 valence electrons. The predicted molar refractivity (Wildman–Crippen MR) is 131 cm³/mol.